The van der Waals surface area contributed by atoms with Crippen LogP contribution in [0.2, 0.25) is 0 Å². The topological polar surface area (TPSA) is 78.7 Å². The van der Waals surface area contributed by atoms with Gasteiger partial charge in [0.2, 0.25) is 5.91 Å². The summed E-state index contributed by atoms with van der Waals surface area (Å²) in [6.45, 7) is 1.38. The van der Waals surface area contributed by atoms with Gasteiger partial charge in [-0.1, -0.05) is 12.1 Å². The molecule has 0 spiro atoms. The number of hydrogen-bond acceptors (Lipinski definition) is 4. The molecule has 1 saturated heterocycles. The Labute approximate surface area is 112 Å². The van der Waals surface area contributed by atoms with E-state index < -0.39 is 0 Å². The summed E-state index contributed by atoms with van der Waals surface area (Å²) in [4.78, 5) is 27.5. The zero-order valence-electron chi connectivity index (χ0n) is 10.9. The lowest BCUT2D eigenvalue weighted by Crippen LogP contribution is -2.38. The smallest absolute Gasteiger partial charge is 0.256 e. The van der Waals surface area contributed by atoms with Crippen LogP contribution < -0.4 is 11.3 Å². The molecule has 1 fully saturated rings. The summed E-state index contributed by atoms with van der Waals surface area (Å²) in [5.74, 6) is 5.20. The summed E-state index contributed by atoms with van der Waals surface area (Å²) in [5, 5.41) is 0. The van der Waals surface area contributed by atoms with Crippen LogP contribution in [-0.2, 0) is 4.79 Å². The number of hydrogen-bond donors (Lipinski definition) is 2. The summed E-state index contributed by atoms with van der Waals surface area (Å²) in [6, 6.07) is 7.02. The third kappa shape index (κ3) is 2.85. The number of para-hydroxylation sites is 1. The number of likely N-dealkylation sites (N-methyl/N-ethyl adjacent to an activating group) is 1. The second-order valence-electron chi connectivity index (χ2n) is 4.59. The molecule has 1 aliphatic heterocycles. The molecule has 6 heteroatoms. The lowest BCUT2D eigenvalue weighted by atomic mass is 10.1. The Morgan fingerprint density at radius 2 is 2.05 bits per heavy atom. The fraction of sp³-hybridized carbons (Fsp3) is 0.385. The van der Waals surface area contributed by atoms with Crippen molar-refractivity contribution in [2.24, 2.45) is 5.84 Å². The number of nitrogens with two attached hydrogens (primary N) is 1. The van der Waals surface area contributed by atoms with Crippen LogP contribution in [0.5, 0.6) is 0 Å². The third-order valence-electron chi connectivity index (χ3n) is 3.27. The lowest BCUT2D eigenvalue weighted by Gasteiger charge is -2.21. The van der Waals surface area contributed by atoms with Gasteiger partial charge in [-0.15, -0.1) is 0 Å². The number of carbonyl (C=O) groups is 2. The van der Waals surface area contributed by atoms with Gasteiger partial charge in [0, 0.05) is 20.1 Å². The van der Waals surface area contributed by atoms with Gasteiger partial charge in [0.05, 0.1) is 11.3 Å². The van der Waals surface area contributed by atoms with E-state index >= 15 is 0 Å². The summed E-state index contributed by atoms with van der Waals surface area (Å²) in [6.07, 6.45) is 0.784. The first kappa shape index (κ1) is 13.4. The van der Waals surface area contributed by atoms with Gasteiger partial charge in [-0.3, -0.25) is 15.4 Å². The maximum absolute atomic E-state index is 12.4. The molecule has 0 aliphatic carbocycles. The molecule has 1 aromatic carbocycles. The highest BCUT2D eigenvalue weighted by Crippen LogP contribution is 2.17. The molecule has 2 rings (SSSR count). The molecule has 0 atom stereocenters. The molecule has 0 bridgehead atoms. The number of rotatable bonds is 2. The Balaban J connectivity index is 2.21. The molecule has 0 aromatic heterocycles. The van der Waals surface area contributed by atoms with E-state index in [0.29, 0.717) is 24.3 Å². The normalized spacial score (nSPS) is 16.2. The second-order valence-corrected chi connectivity index (χ2v) is 4.59. The van der Waals surface area contributed by atoms with Crippen molar-refractivity contribution in [3.63, 3.8) is 0 Å². The first-order valence-electron chi connectivity index (χ1n) is 6.22. The minimum Gasteiger partial charge on any atom is -0.344 e. The lowest BCUT2D eigenvalue weighted by molar-refractivity contribution is -0.129. The Morgan fingerprint density at radius 3 is 2.79 bits per heavy atom. The quantitative estimate of drug-likeness (QED) is 0.592. The van der Waals surface area contributed by atoms with Crippen molar-refractivity contribution in [2.75, 3.05) is 32.1 Å². The molecule has 0 saturated carbocycles. The summed E-state index contributed by atoms with van der Waals surface area (Å²) in [5.41, 5.74) is 3.56. The summed E-state index contributed by atoms with van der Waals surface area (Å²) >= 11 is 0. The maximum Gasteiger partial charge on any atom is 0.256 e. The number of nitrogens with zero attached hydrogens (tertiary/aromatic N) is 2. The average molecular weight is 262 g/mol. The first-order chi connectivity index (χ1) is 9.13. The van der Waals surface area contributed by atoms with Crippen LogP contribution >= 0.6 is 0 Å². The minimum absolute atomic E-state index is 0.0379. The summed E-state index contributed by atoms with van der Waals surface area (Å²) < 4.78 is 0. The largest absolute Gasteiger partial charge is 0.344 e. The number of nitrogens with one attached hydrogen (secondary N) is 1. The van der Waals surface area contributed by atoms with Crippen LogP contribution in [0.3, 0.4) is 0 Å². The van der Waals surface area contributed by atoms with Crippen LogP contribution in [0.1, 0.15) is 16.8 Å². The van der Waals surface area contributed by atoms with Gasteiger partial charge >= 0.3 is 0 Å². The van der Waals surface area contributed by atoms with E-state index in [0.717, 1.165) is 6.42 Å². The van der Waals surface area contributed by atoms with Gasteiger partial charge in [0.1, 0.15) is 6.54 Å². The highest BCUT2D eigenvalue weighted by atomic mass is 16.2. The Hall–Kier alpha value is -2.08. The average Bonchev–Trinajstić information content (AvgIpc) is 2.60. The van der Waals surface area contributed by atoms with Crippen LogP contribution in [0.15, 0.2) is 24.3 Å². The zero-order valence-corrected chi connectivity index (χ0v) is 10.9. The van der Waals surface area contributed by atoms with Crippen molar-refractivity contribution in [1.82, 2.24) is 9.80 Å². The molecule has 2 amide bonds. The van der Waals surface area contributed by atoms with Crippen molar-refractivity contribution >= 4 is 17.5 Å². The van der Waals surface area contributed by atoms with Crippen LogP contribution in [0.25, 0.3) is 0 Å². The van der Waals surface area contributed by atoms with E-state index in [-0.39, 0.29) is 18.4 Å². The number of nitrogen functional groups attached to an aromatic ring is 1. The molecule has 3 N–H and O–H groups in total. The standard InChI is InChI=1S/C13H18N4O2/c1-16-7-4-8-17(9-12(16)18)13(19)10-5-2-3-6-11(10)15-14/h2-3,5-6,15H,4,7-9,14H2,1H3. The van der Waals surface area contributed by atoms with Crippen molar-refractivity contribution in [3.05, 3.63) is 29.8 Å². The van der Waals surface area contributed by atoms with E-state index in [9.17, 15) is 9.59 Å². The molecule has 102 valence electrons. The van der Waals surface area contributed by atoms with Crippen LogP contribution in [-0.4, -0.2) is 48.3 Å². The van der Waals surface area contributed by atoms with Crippen molar-refractivity contribution in [2.45, 2.75) is 6.42 Å². The van der Waals surface area contributed by atoms with E-state index in [1.807, 2.05) is 0 Å². The van der Waals surface area contributed by atoms with Crippen molar-refractivity contribution < 1.29 is 9.59 Å². The number of benzene rings is 1. The van der Waals surface area contributed by atoms with Gasteiger partial charge in [0.15, 0.2) is 0 Å². The Kier molecular flexibility index (Phi) is 4.01. The highest BCUT2D eigenvalue weighted by molar-refractivity contribution is 6.01. The Morgan fingerprint density at radius 1 is 1.32 bits per heavy atom. The second kappa shape index (κ2) is 5.71. The predicted molar refractivity (Wildman–Crippen MR) is 72.4 cm³/mol. The van der Waals surface area contributed by atoms with Crippen molar-refractivity contribution in [3.8, 4) is 0 Å². The number of amides is 2. The molecule has 19 heavy (non-hydrogen) atoms. The van der Waals surface area contributed by atoms with E-state index in [2.05, 4.69) is 5.43 Å². The fourth-order valence-electron chi connectivity index (χ4n) is 2.13. The summed E-state index contributed by atoms with van der Waals surface area (Å²) in [7, 11) is 1.76. The van der Waals surface area contributed by atoms with Gasteiger partial charge in [0.25, 0.3) is 5.91 Å². The predicted octanol–water partition coefficient (Wildman–Crippen LogP) is 0.277. The van der Waals surface area contributed by atoms with E-state index in [1.165, 1.54) is 0 Å². The zero-order chi connectivity index (χ0) is 13.8. The minimum atomic E-state index is -0.169. The highest BCUT2D eigenvalue weighted by Gasteiger charge is 2.24. The molecular formula is C13H18N4O2. The molecule has 6 nitrogen and oxygen atoms in total. The molecule has 0 radical (unpaired) electrons. The number of hydrazine groups is 1. The van der Waals surface area contributed by atoms with Gasteiger partial charge < -0.3 is 15.2 Å². The van der Waals surface area contributed by atoms with Gasteiger partial charge in [-0.05, 0) is 18.6 Å². The molecule has 1 heterocycles. The van der Waals surface area contributed by atoms with Gasteiger partial charge in [-0.2, -0.15) is 0 Å². The van der Waals surface area contributed by atoms with Crippen LogP contribution in [0, 0.1) is 0 Å². The fourth-order valence-corrected chi connectivity index (χ4v) is 2.13. The van der Waals surface area contributed by atoms with Gasteiger partial charge in [-0.25, -0.2) is 0 Å². The molecule has 0 unspecified atom stereocenters. The maximum atomic E-state index is 12.4. The van der Waals surface area contributed by atoms with E-state index in [1.54, 1.807) is 41.1 Å². The third-order valence-corrected chi connectivity index (χ3v) is 3.27. The molecular weight excluding hydrogens is 244 g/mol. The SMILES string of the molecule is CN1CCCN(C(=O)c2ccccc2NN)CC1=O. The first-order valence-corrected chi connectivity index (χ1v) is 6.22. The number of carbonyl (C=O) groups excluding carboxylic acids is 2. The Bertz CT molecular complexity index is 489. The molecule has 1 aliphatic rings. The van der Waals surface area contributed by atoms with Crippen molar-refractivity contribution in [1.29, 1.82) is 0 Å². The van der Waals surface area contributed by atoms with Crippen LogP contribution in [0.4, 0.5) is 5.69 Å². The monoisotopic (exact) mass is 262 g/mol. The number of anilines is 1. The van der Waals surface area contributed by atoms with E-state index in [4.69, 9.17) is 5.84 Å². The molecule has 1 aromatic rings.